The Labute approximate surface area is 340 Å². The van der Waals surface area contributed by atoms with E-state index in [1.165, 1.54) is 27.5 Å². The number of para-hydroxylation sites is 2. The molecule has 0 saturated carbocycles. The third-order valence-electron chi connectivity index (χ3n) is 11.9. The van der Waals surface area contributed by atoms with Gasteiger partial charge in [0, 0.05) is 38.5 Å². The first-order chi connectivity index (χ1) is 29.2. The Hall–Kier alpha value is -7.88. The lowest BCUT2D eigenvalue weighted by Gasteiger charge is -2.26. The third-order valence-corrected chi connectivity index (χ3v) is 11.9. The third kappa shape index (κ3) is 5.44. The van der Waals surface area contributed by atoms with E-state index in [4.69, 9.17) is 8.83 Å². The first-order valence-electron chi connectivity index (χ1n) is 20.1. The predicted molar refractivity (Wildman–Crippen MR) is 247 cm³/mol. The molecule has 10 aromatic carbocycles. The van der Waals surface area contributed by atoms with E-state index in [1.807, 2.05) is 12.1 Å². The van der Waals surface area contributed by atoms with Gasteiger partial charge in [-0.25, -0.2) is 0 Å². The fourth-order valence-electron chi connectivity index (χ4n) is 9.04. The molecule has 2 heterocycles. The van der Waals surface area contributed by atoms with Crippen LogP contribution in [0, 0.1) is 0 Å². The summed E-state index contributed by atoms with van der Waals surface area (Å²) in [6.07, 6.45) is 0. The standard InChI is InChI=1S/C56H35NO2/c1-3-13-44-38(10-1)12-7-16-45(44)40-24-22-36(23-25-40)37-26-31-42(32-27-37)57(51-19-9-21-53-54(51)50-35-30-39-11-2-4-14-46(39)56(50)59-53)43-33-28-41(29-34-43)47-17-8-18-49-48-15-5-6-20-52(48)58-55(47)49/h1-35H. The van der Waals surface area contributed by atoms with Crippen LogP contribution in [0.5, 0.6) is 0 Å². The predicted octanol–water partition coefficient (Wildman–Crippen LogP) is 16.3. The SMILES string of the molecule is c1ccc2c(-c3ccc(-c4ccc(N(c5ccc(-c6cccc7c6oc6ccccc67)cc5)c5cccc6oc7c8ccccc8ccc7c56)cc4)cc3)cccc2c1. The van der Waals surface area contributed by atoms with E-state index < -0.39 is 0 Å². The fourth-order valence-corrected chi connectivity index (χ4v) is 9.04. The number of benzene rings is 10. The largest absolute Gasteiger partial charge is 0.455 e. The molecule has 3 heteroatoms. The molecule has 0 fully saturated rings. The molecule has 12 rings (SSSR count). The molecule has 0 N–H and O–H groups in total. The van der Waals surface area contributed by atoms with Crippen LogP contribution in [0.2, 0.25) is 0 Å². The van der Waals surface area contributed by atoms with E-state index >= 15 is 0 Å². The summed E-state index contributed by atoms with van der Waals surface area (Å²) in [6, 6.07) is 75.7. The van der Waals surface area contributed by atoms with E-state index in [9.17, 15) is 0 Å². The van der Waals surface area contributed by atoms with E-state index in [1.54, 1.807) is 0 Å². The molecule has 0 atom stereocenters. The second-order valence-corrected chi connectivity index (χ2v) is 15.2. The summed E-state index contributed by atoms with van der Waals surface area (Å²) in [5.74, 6) is 0. The van der Waals surface area contributed by atoms with E-state index in [-0.39, 0.29) is 0 Å². The monoisotopic (exact) mass is 753 g/mol. The first-order valence-corrected chi connectivity index (χ1v) is 20.1. The van der Waals surface area contributed by atoms with Crippen LogP contribution in [0.4, 0.5) is 17.1 Å². The Morgan fingerprint density at radius 3 is 1.58 bits per heavy atom. The maximum Gasteiger partial charge on any atom is 0.143 e. The van der Waals surface area contributed by atoms with Gasteiger partial charge in [0.15, 0.2) is 0 Å². The number of furan rings is 2. The molecule has 0 bridgehead atoms. The van der Waals surface area contributed by atoms with Gasteiger partial charge in [0.05, 0.1) is 11.1 Å². The van der Waals surface area contributed by atoms with Crippen molar-refractivity contribution in [2.45, 2.75) is 0 Å². The Morgan fingerprint density at radius 1 is 0.288 bits per heavy atom. The van der Waals surface area contributed by atoms with Gasteiger partial charge in [-0.1, -0.05) is 164 Å². The summed E-state index contributed by atoms with van der Waals surface area (Å²) in [4.78, 5) is 2.35. The molecule has 0 aliphatic heterocycles. The van der Waals surface area contributed by atoms with Crippen molar-refractivity contribution in [3.05, 3.63) is 212 Å². The van der Waals surface area contributed by atoms with Crippen molar-refractivity contribution >= 4 is 82.5 Å². The van der Waals surface area contributed by atoms with Crippen molar-refractivity contribution in [2.24, 2.45) is 0 Å². The molecule has 0 aliphatic carbocycles. The van der Waals surface area contributed by atoms with Gasteiger partial charge < -0.3 is 13.7 Å². The minimum Gasteiger partial charge on any atom is -0.455 e. The van der Waals surface area contributed by atoms with Crippen LogP contribution in [0.15, 0.2) is 221 Å². The number of hydrogen-bond donors (Lipinski definition) is 0. The molecule has 0 spiro atoms. The molecular formula is C56H35NO2. The van der Waals surface area contributed by atoms with E-state index in [0.29, 0.717) is 0 Å². The Balaban J connectivity index is 0.973. The number of anilines is 3. The number of fused-ring (bicyclic) bond motifs is 9. The molecule has 12 aromatic rings. The van der Waals surface area contributed by atoms with Crippen LogP contribution in [-0.2, 0) is 0 Å². The fraction of sp³-hybridized carbons (Fsp3) is 0. The number of hydrogen-bond acceptors (Lipinski definition) is 3. The van der Waals surface area contributed by atoms with E-state index in [2.05, 4.69) is 205 Å². The van der Waals surface area contributed by atoms with Crippen LogP contribution >= 0.6 is 0 Å². The normalized spacial score (nSPS) is 11.7. The van der Waals surface area contributed by atoms with Gasteiger partial charge in [0.1, 0.15) is 22.3 Å². The topological polar surface area (TPSA) is 29.5 Å². The number of rotatable bonds is 6. The van der Waals surface area contributed by atoms with Crippen molar-refractivity contribution in [1.29, 1.82) is 0 Å². The zero-order valence-corrected chi connectivity index (χ0v) is 32.0. The summed E-state index contributed by atoms with van der Waals surface area (Å²) in [6.45, 7) is 0. The summed E-state index contributed by atoms with van der Waals surface area (Å²) < 4.78 is 13.1. The van der Waals surface area contributed by atoms with Crippen LogP contribution in [-0.4, -0.2) is 0 Å². The van der Waals surface area contributed by atoms with Crippen molar-refractivity contribution in [3.63, 3.8) is 0 Å². The van der Waals surface area contributed by atoms with Crippen LogP contribution in [0.25, 0.3) is 98.8 Å². The molecule has 3 nitrogen and oxygen atoms in total. The molecule has 59 heavy (non-hydrogen) atoms. The second kappa shape index (κ2) is 13.4. The Bertz CT molecular complexity index is 3530. The van der Waals surface area contributed by atoms with Gasteiger partial charge in [0.25, 0.3) is 0 Å². The lowest BCUT2D eigenvalue weighted by Crippen LogP contribution is -2.10. The summed E-state index contributed by atoms with van der Waals surface area (Å²) in [5.41, 5.74) is 13.7. The van der Waals surface area contributed by atoms with E-state index in [0.717, 1.165) is 88.4 Å². The van der Waals surface area contributed by atoms with Gasteiger partial charge in [0.2, 0.25) is 0 Å². The van der Waals surface area contributed by atoms with Crippen LogP contribution < -0.4 is 4.90 Å². The smallest absolute Gasteiger partial charge is 0.143 e. The van der Waals surface area contributed by atoms with Gasteiger partial charge in [-0.2, -0.15) is 0 Å². The summed E-state index contributed by atoms with van der Waals surface area (Å²) >= 11 is 0. The Kier molecular flexibility index (Phi) is 7.54. The average Bonchev–Trinajstić information content (AvgIpc) is 3.89. The van der Waals surface area contributed by atoms with Gasteiger partial charge in [-0.05, 0) is 92.5 Å². The number of nitrogens with zero attached hydrogens (tertiary/aromatic N) is 1. The zero-order chi connectivity index (χ0) is 38.9. The molecule has 0 aliphatic rings. The van der Waals surface area contributed by atoms with Crippen molar-refractivity contribution in [2.75, 3.05) is 4.90 Å². The first kappa shape index (κ1) is 33.3. The zero-order valence-electron chi connectivity index (χ0n) is 32.0. The maximum absolute atomic E-state index is 6.68. The van der Waals surface area contributed by atoms with Crippen LogP contribution in [0.3, 0.4) is 0 Å². The molecule has 0 saturated heterocycles. The molecule has 2 aromatic heterocycles. The second-order valence-electron chi connectivity index (χ2n) is 15.2. The lowest BCUT2D eigenvalue weighted by atomic mass is 9.96. The van der Waals surface area contributed by atoms with Gasteiger partial charge >= 0.3 is 0 Å². The highest BCUT2D eigenvalue weighted by Crippen LogP contribution is 2.45. The van der Waals surface area contributed by atoms with Crippen LogP contribution in [0.1, 0.15) is 0 Å². The average molecular weight is 754 g/mol. The van der Waals surface area contributed by atoms with Crippen molar-refractivity contribution in [3.8, 4) is 33.4 Å². The maximum atomic E-state index is 6.68. The molecule has 0 amide bonds. The molecule has 0 radical (unpaired) electrons. The highest BCUT2D eigenvalue weighted by molar-refractivity contribution is 6.19. The summed E-state index contributed by atoms with van der Waals surface area (Å²) in [7, 11) is 0. The Morgan fingerprint density at radius 2 is 0.797 bits per heavy atom. The minimum absolute atomic E-state index is 0.856. The van der Waals surface area contributed by atoms with Gasteiger partial charge in [-0.15, -0.1) is 0 Å². The molecule has 276 valence electrons. The quantitative estimate of drug-likeness (QED) is 0.169. The molecular weight excluding hydrogens is 719 g/mol. The molecule has 0 unspecified atom stereocenters. The highest BCUT2D eigenvalue weighted by Gasteiger charge is 2.21. The van der Waals surface area contributed by atoms with Gasteiger partial charge in [-0.3, -0.25) is 0 Å². The lowest BCUT2D eigenvalue weighted by molar-refractivity contribution is 0.670. The highest BCUT2D eigenvalue weighted by atomic mass is 16.3. The van der Waals surface area contributed by atoms with Crippen molar-refractivity contribution < 1.29 is 8.83 Å². The summed E-state index contributed by atoms with van der Waals surface area (Å²) in [5, 5.41) is 9.21. The van der Waals surface area contributed by atoms with Crippen molar-refractivity contribution in [1.82, 2.24) is 0 Å². The minimum atomic E-state index is 0.856.